The van der Waals surface area contributed by atoms with E-state index in [9.17, 15) is 4.79 Å². The number of rotatable bonds is 2. The van der Waals surface area contributed by atoms with E-state index in [2.05, 4.69) is 4.98 Å². The molecule has 0 unspecified atom stereocenters. The van der Waals surface area contributed by atoms with E-state index in [1.54, 1.807) is 29.3 Å². The number of fused-ring (bicyclic) bond motifs is 1. The molecule has 3 heterocycles. The Morgan fingerprint density at radius 1 is 1.50 bits per heavy atom. The second kappa shape index (κ2) is 4.07. The third-order valence-electron chi connectivity index (χ3n) is 2.42. The van der Waals surface area contributed by atoms with Gasteiger partial charge in [-0.15, -0.1) is 11.3 Å². The molecule has 0 radical (unpaired) electrons. The van der Waals surface area contributed by atoms with E-state index in [-0.39, 0.29) is 12.1 Å². The lowest BCUT2D eigenvalue weighted by Crippen LogP contribution is -2.30. The van der Waals surface area contributed by atoms with Crippen molar-refractivity contribution in [2.75, 3.05) is 11.5 Å². The quantitative estimate of drug-likeness (QED) is 0.769. The maximum atomic E-state index is 11.7. The van der Waals surface area contributed by atoms with Crippen LogP contribution in [0.4, 0.5) is 0 Å². The molecule has 3 nitrogen and oxygen atoms in total. The predicted molar refractivity (Wildman–Crippen MR) is 66.1 cm³/mol. The Morgan fingerprint density at radius 3 is 3.12 bits per heavy atom. The molecule has 1 saturated heterocycles. The molecule has 5 heteroatoms. The highest BCUT2D eigenvalue weighted by Crippen LogP contribution is 2.23. The first-order chi connectivity index (χ1) is 7.83. The molecule has 0 N–H and O–H groups in total. The van der Waals surface area contributed by atoms with E-state index in [1.807, 2.05) is 17.5 Å². The number of ether oxygens (including phenoxy) is 1. The molecule has 82 valence electrons. The van der Waals surface area contributed by atoms with Gasteiger partial charge in [-0.3, -0.25) is 4.98 Å². The average Bonchev–Trinajstić information content (AvgIpc) is 2.69. The fourth-order valence-electron chi connectivity index (χ4n) is 1.46. The molecule has 0 aromatic carbocycles. The molecule has 1 aliphatic heterocycles. The summed E-state index contributed by atoms with van der Waals surface area (Å²) in [5.41, 5.74) is 1.48. The minimum Gasteiger partial charge on any atom is -0.457 e. The van der Waals surface area contributed by atoms with Gasteiger partial charge >= 0.3 is 5.97 Å². The van der Waals surface area contributed by atoms with Crippen molar-refractivity contribution in [3.8, 4) is 0 Å². The Kier molecular flexibility index (Phi) is 2.57. The van der Waals surface area contributed by atoms with E-state index in [0.717, 1.165) is 21.7 Å². The Hall–Kier alpha value is -1.07. The van der Waals surface area contributed by atoms with Gasteiger partial charge in [0.15, 0.2) is 0 Å². The van der Waals surface area contributed by atoms with Crippen LogP contribution in [0, 0.1) is 0 Å². The van der Waals surface area contributed by atoms with Gasteiger partial charge in [-0.05, 0) is 17.5 Å². The van der Waals surface area contributed by atoms with Crippen LogP contribution in [0.3, 0.4) is 0 Å². The molecule has 0 aliphatic carbocycles. The number of thioether (sulfide) groups is 1. The molecular weight excluding hydrogens is 242 g/mol. The number of hydrogen-bond donors (Lipinski definition) is 0. The highest BCUT2D eigenvalue weighted by atomic mass is 32.2. The van der Waals surface area contributed by atoms with Gasteiger partial charge in [-0.1, -0.05) is 0 Å². The molecular formula is C11H9NO2S2. The van der Waals surface area contributed by atoms with Crippen LogP contribution in [0.25, 0.3) is 10.2 Å². The van der Waals surface area contributed by atoms with Gasteiger partial charge in [-0.2, -0.15) is 11.8 Å². The summed E-state index contributed by atoms with van der Waals surface area (Å²) in [6.07, 6.45) is 1.68. The van der Waals surface area contributed by atoms with E-state index in [1.165, 1.54) is 0 Å². The Bertz CT molecular complexity index is 534. The molecule has 2 aromatic rings. The lowest BCUT2D eigenvalue weighted by Gasteiger charge is -2.24. The number of aromatic nitrogens is 1. The zero-order chi connectivity index (χ0) is 11.0. The van der Waals surface area contributed by atoms with E-state index in [0.29, 0.717) is 5.56 Å². The summed E-state index contributed by atoms with van der Waals surface area (Å²) in [4.78, 5) is 16.0. The number of esters is 1. The van der Waals surface area contributed by atoms with Crippen molar-refractivity contribution in [3.63, 3.8) is 0 Å². The summed E-state index contributed by atoms with van der Waals surface area (Å²) in [7, 11) is 0. The third kappa shape index (κ3) is 1.81. The smallest absolute Gasteiger partial charge is 0.340 e. The van der Waals surface area contributed by atoms with Gasteiger partial charge in [0.05, 0.1) is 15.8 Å². The maximum Gasteiger partial charge on any atom is 0.340 e. The summed E-state index contributed by atoms with van der Waals surface area (Å²) in [5.74, 6) is 1.58. The van der Waals surface area contributed by atoms with Crippen LogP contribution in [-0.4, -0.2) is 28.6 Å². The summed E-state index contributed by atoms with van der Waals surface area (Å²) in [6, 6.07) is 3.79. The molecule has 0 amide bonds. The second-order valence-corrected chi connectivity index (χ2v) is 5.62. The van der Waals surface area contributed by atoms with Gasteiger partial charge in [0.2, 0.25) is 0 Å². The number of pyridine rings is 1. The standard InChI is InChI=1S/C11H9NO2S2/c13-11(14-8-5-15-6-8)7-3-10-9(12-4-7)1-2-16-10/h1-4,8H,5-6H2. The highest BCUT2D eigenvalue weighted by molar-refractivity contribution is 8.00. The van der Waals surface area contributed by atoms with E-state index >= 15 is 0 Å². The van der Waals surface area contributed by atoms with Crippen LogP contribution >= 0.6 is 23.1 Å². The zero-order valence-corrected chi connectivity index (χ0v) is 10.0. The first-order valence-electron chi connectivity index (χ1n) is 4.95. The molecule has 0 spiro atoms. The van der Waals surface area contributed by atoms with Gasteiger partial charge in [-0.25, -0.2) is 4.79 Å². The van der Waals surface area contributed by atoms with Gasteiger partial charge < -0.3 is 4.74 Å². The van der Waals surface area contributed by atoms with Gasteiger partial charge in [0.1, 0.15) is 6.10 Å². The average molecular weight is 251 g/mol. The predicted octanol–water partition coefficient (Wildman–Crippen LogP) is 2.57. The van der Waals surface area contributed by atoms with Gasteiger partial charge in [0, 0.05) is 17.7 Å². The van der Waals surface area contributed by atoms with Crippen molar-refractivity contribution in [1.29, 1.82) is 0 Å². The number of nitrogens with zero attached hydrogens (tertiary/aromatic N) is 1. The first-order valence-corrected chi connectivity index (χ1v) is 6.98. The molecule has 1 aliphatic rings. The van der Waals surface area contributed by atoms with Crippen molar-refractivity contribution < 1.29 is 9.53 Å². The molecule has 3 rings (SSSR count). The monoisotopic (exact) mass is 251 g/mol. The molecule has 0 atom stereocenters. The molecule has 2 aromatic heterocycles. The van der Waals surface area contributed by atoms with Crippen LogP contribution in [-0.2, 0) is 4.74 Å². The lowest BCUT2D eigenvalue weighted by molar-refractivity contribution is 0.0375. The van der Waals surface area contributed by atoms with Crippen molar-refractivity contribution >= 4 is 39.3 Å². The second-order valence-electron chi connectivity index (χ2n) is 3.59. The maximum absolute atomic E-state index is 11.7. The Labute approximate surface area is 101 Å². The molecule has 0 bridgehead atoms. The molecule has 0 saturated carbocycles. The van der Waals surface area contributed by atoms with Crippen molar-refractivity contribution in [2.24, 2.45) is 0 Å². The topological polar surface area (TPSA) is 39.2 Å². The van der Waals surface area contributed by atoms with Crippen molar-refractivity contribution in [3.05, 3.63) is 29.3 Å². The van der Waals surface area contributed by atoms with E-state index in [4.69, 9.17) is 4.74 Å². The highest BCUT2D eigenvalue weighted by Gasteiger charge is 2.23. The molecule has 16 heavy (non-hydrogen) atoms. The zero-order valence-electron chi connectivity index (χ0n) is 8.38. The van der Waals surface area contributed by atoms with Crippen molar-refractivity contribution in [1.82, 2.24) is 4.98 Å². The minimum atomic E-state index is -0.256. The first kappa shape index (κ1) is 10.1. The lowest BCUT2D eigenvalue weighted by atomic mass is 10.2. The number of hydrogen-bond acceptors (Lipinski definition) is 5. The molecule has 1 fully saturated rings. The van der Waals surface area contributed by atoms with Crippen LogP contribution in [0.1, 0.15) is 10.4 Å². The largest absolute Gasteiger partial charge is 0.457 e. The van der Waals surface area contributed by atoms with Crippen LogP contribution in [0.2, 0.25) is 0 Å². The van der Waals surface area contributed by atoms with Crippen LogP contribution in [0.15, 0.2) is 23.7 Å². The Morgan fingerprint density at radius 2 is 2.38 bits per heavy atom. The number of carbonyl (C=O) groups excluding carboxylic acids is 1. The fourth-order valence-corrected chi connectivity index (χ4v) is 2.80. The van der Waals surface area contributed by atoms with Crippen LogP contribution in [0.5, 0.6) is 0 Å². The summed E-state index contributed by atoms with van der Waals surface area (Å²) < 4.78 is 6.33. The minimum absolute atomic E-state index is 0.0940. The van der Waals surface area contributed by atoms with Crippen LogP contribution < -0.4 is 0 Å². The van der Waals surface area contributed by atoms with Crippen molar-refractivity contribution in [2.45, 2.75) is 6.10 Å². The SMILES string of the molecule is O=C(OC1CSC1)c1cnc2ccsc2c1. The van der Waals surface area contributed by atoms with E-state index < -0.39 is 0 Å². The summed E-state index contributed by atoms with van der Waals surface area (Å²) in [5, 5.41) is 1.97. The number of carbonyl (C=O) groups is 1. The number of thiophene rings is 1. The normalized spacial score (nSPS) is 16.0. The fraction of sp³-hybridized carbons (Fsp3) is 0.273. The summed E-state index contributed by atoms with van der Waals surface area (Å²) >= 11 is 3.38. The third-order valence-corrected chi connectivity index (χ3v) is 4.49. The van der Waals surface area contributed by atoms with Gasteiger partial charge in [0.25, 0.3) is 0 Å². The summed E-state index contributed by atoms with van der Waals surface area (Å²) in [6.45, 7) is 0. The Balaban J connectivity index is 1.83.